The Kier molecular flexibility index (Phi) is 5.55. The van der Waals surface area contributed by atoms with Crippen molar-refractivity contribution in [2.75, 3.05) is 7.11 Å². The highest BCUT2D eigenvalue weighted by atomic mass is 16.6. The Morgan fingerprint density at radius 2 is 2.03 bits per heavy atom. The lowest BCUT2D eigenvalue weighted by Gasteiger charge is -2.49. The van der Waals surface area contributed by atoms with Gasteiger partial charge < -0.3 is 14.9 Å². The largest absolute Gasteiger partial charge is 0.504 e. The first kappa shape index (κ1) is 21.8. The van der Waals surface area contributed by atoms with Gasteiger partial charge in [-0.05, 0) is 78.2 Å². The second-order valence-electron chi connectivity index (χ2n) is 9.78. The fourth-order valence-electron chi connectivity index (χ4n) is 6.37. The van der Waals surface area contributed by atoms with E-state index in [1.807, 2.05) is 24.3 Å². The van der Waals surface area contributed by atoms with Gasteiger partial charge >= 0.3 is 0 Å². The Morgan fingerprint density at radius 3 is 2.82 bits per heavy atom. The highest BCUT2D eigenvalue weighted by Gasteiger charge is 2.54. The van der Waals surface area contributed by atoms with Crippen LogP contribution in [-0.4, -0.2) is 23.4 Å². The first-order valence-corrected chi connectivity index (χ1v) is 11.6. The molecule has 172 valence electrons. The van der Waals surface area contributed by atoms with Crippen LogP contribution in [0.5, 0.6) is 11.5 Å². The topological polar surface area (TPSA) is 94.7 Å². The number of aliphatic hydroxyl groups is 1. The lowest BCUT2D eigenvalue weighted by molar-refractivity contribution is -0.00877. The molecule has 2 aromatic rings. The average Bonchev–Trinajstić information content (AvgIpc) is 3.13. The molecular weight excluding hydrogens is 416 g/mol. The van der Waals surface area contributed by atoms with Crippen LogP contribution in [0.15, 0.2) is 42.5 Å². The Balaban J connectivity index is 1.48. The normalized spacial score (nSPS) is 29.8. The van der Waals surface area contributed by atoms with E-state index in [9.17, 15) is 15.5 Å². The van der Waals surface area contributed by atoms with Gasteiger partial charge in [0, 0.05) is 5.56 Å². The second kappa shape index (κ2) is 8.40. The third-order valence-electron chi connectivity index (χ3n) is 8.23. The van der Waals surface area contributed by atoms with Gasteiger partial charge in [-0.3, -0.25) is 10.3 Å². The summed E-state index contributed by atoms with van der Waals surface area (Å²) in [4.78, 5) is 5.86. The molecule has 0 bridgehead atoms. The van der Waals surface area contributed by atoms with Crippen molar-refractivity contribution in [2.24, 2.45) is 17.3 Å². The van der Waals surface area contributed by atoms with E-state index in [0.29, 0.717) is 23.1 Å². The molecule has 0 spiro atoms. The summed E-state index contributed by atoms with van der Waals surface area (Å²) in [5.74, 6) is 1.52. The zero-order chi connectivity index (χ0) is 23.2. The number of phenolic OH excluding ortho intramolecular Hbond substituents is 1. The van der Waals surface area contributed by atoms with Crippen molar-refractivity contribution >= 4 is 5.70 Å². The van der Waals surface area contributed by atoms with Gasteiger partial charge in [-0.1, -0.05) is 31.2 Å². The molecule has 33 heavy (non-hydrogen) atoms. The molecule has 6 nitrogen and oxygen atoms in total. The van der Waals surface area contributed by atoms with E-state index in [2.05, 4.69) is 24.5 Å². The van der Waals surface area contributed by atoms with Gasteiger partial charge in [0.15, 0.2) is 11.5 Å². The SMILES string of the molecule is COc1cc2c(cc1O)C(NOCc1ccccc1C#N)=C[C@@H]1[C@@H]2CC[C@]2(C)[C@@H](O)CC[C@@H]12. The predicted octanol–water partition coefficient (Wildman–Crippen LogP) is 4.62. The molecule has 0 aromatic heterocycles. The van der Waals surface area contributed by atoms with Crippen molar-refractivity contribution in [2.45, 2.75) is 51.2 Å². The molecule has 0 aliphatic heterocycles. The van der Waals surface area contributed by atoms with Crippen LogP contribution in [0.4, 0.5) is 0 Å². The zero-order valence-corrected chi connectivity index (χ0v) is 19.0. The van der Waals surface area contributed by atoms with Crippen molar-refractivity contribution in [1.82, 2.24) is 5.48 Å². The number of allylic oxidation sites excluding steroid dienone is 1. The van der Waals surface area contributed by atoms with Crippen molar-refractivity contribution in [3.8, 4) is 17.6 Å². The number of methoxy groups -OCH3 is 1. The van der Waals surface area contributed by atoms with E-state index >= 15 is 0 Å². The molecule has 0 unspecified atom stereocenters. The third kappa shape index (κ3) is 3.56. The van der Waals surface area contributed by atoms with Crippen molar-refractivity contribution < 1.29 is 19.8 Å². The second-order valence-corrected chi connectivity index (χ2v) is 9.78. The van der Waals surface area contributed by atoms with Crippen LogP contribution in [0.25, 0.3) is 5.70 Å². The van der Waals surface area contributed by atoms with Crippen molar-refractivity contribution in [1.29, 1.82) is 5.26 Å². The highest BCUT2D eigenvalue weighted by Crippen LogP contribution is 2.61. The summed E-state index contributed by atoms with van der Waals surface area (Å²) in [6, 6.07) is 13.3. The van der Waals surface area contributed by atoms with Gasteiger partial charge in [-0.25, -0.2) is 0 Å². The van der Waals surface area contributed by atoms with E-state index in [1.54, 1.807) is 19.2 Å². The first-order chi connectivity index (χ1) is 16.0. The summed E-state index contributed by atoms with van der Waals surface area (Å²) in [6.45, 7) is 2.47. The molecule has 0 radical (unpaired) electrons. The van der Waals surface area contributed by atoms with E-state index in [0.717, 1.165) is 48.1 Å². The third-order valence-corrected chi connectivity index (χ3v) is 8.23. The number of phenols is 1. The van der Waals surface area contributed by atoms with Gasteiger partial charge in [0.05, 0.1) is 30.5 Å². The van der Waals surface area contributed by atoms with Crippen LogP contribution in [0.2, 0.25) is 0 Å². The fourth-order valence-corrected chi connectivity index (χ4v) is 6.37. The number of rotatable bonds is 5. The molecular formula is C27H30N2O4. The van der Waals surface area contributed by atoms with Gasteiger partial charge in [0.2, 0.25) is 0 Å². The van der Waals surface area contributed by atoms with E-state index < -0.39 is 0 Å². The average molecular weight is 447 g/mol. The molecule has 0 saturated heterocycles. The van der Waals surface area contributed by atoms with Crippen LogP contribution in [-0.2, 0) is 11.4 Å². The van der Waals surface area contributed by atoms with Crippen LogP contribution < -0.4 is 10.2 Å². The number of nitrogens with one attached hydrogen (secondary N) is 1. The van der Waals surface area contributed by atoms with E-state index in [4.69, 9.17) is 9.57 Å². The Bertz CT molecular complexity index is 1140. The standard InChI is InChI=1S/C27H30N2O4/c1-27-10-9-18-19-13-25(32-2)24(30)12-21(19)23(11-20(18)22(27)7-8-26(27)31)29-33-15-17-6-4-3-5-16(17)14-28/h3-6,11-13,18,20,22,26,29-31H,7-10,15H2,1-2H3/t18-,20-,22+,26+,27+/m1/s1. The maximum atomic E-state index is 10.7. The van der Waals surface area contributed by atoms with E-state index in [1.165, 1.54) is 0 Å². The maximum Gasteiger partial charge on any atom is 0.160 e. The van der Waals surface area contributed by atoms with Gasteiger partial charge in [0.25, 0.3) is 0 Å². The van der Waals surface area contributed by atoms with Gasteiger partial charge in [0.1, 0.15) is 6.61 Å². The lowest BCUT2D eigenvalue weighted by atomic mass is 9.56. The fraction of sp³-hybridized carbons (Fsp3) is 0.444. The van der Waals surface area contributed by atoms with Crippen LogP contribution in [0.1, 0.15) is 60.8 Å². The molecule has 2 saturated carbocycles. The molecule has 2 aromatic carbocycles. The quantitative estimate of drug-likeness (QED) is 0.580. The lowest BCUT2D eigenvalue weighted by Crippen LogP contribution is -2.43. The Hall–Kier alpha value is -3.01. The van der Waals surface area contributed by atoms with Crippen molar-refractivity contribution in [3.05, 3.63) is 64.7 Å². The monoisotopic (exact) mass is 446 g/mol. The summed E-state index contributed by atoms with van der Waals surface area (Å²) in [5, 5.41) is 30.6. The first-order valence-electron chi connectivity index (χ1n) is 11.6. The van der Waals surface area contributed by atoms with Gasteiger partial charge in [-0.15, -0.1) is 0 Å². The molecule has 6 heteroatoms. The van der Waals surface area contributed by atoms with Crippen LogP contribution >= 0.6 is 0 Å². The predicted molar refractivity (Wildman–Crippen MR) is 124 cm³/mol. The number of hydroxylamine groups is 1. The minimum atomic E-state index is -0.261. The molecule has 2 fully saturated rings. The number of fused-ring (bicyclic) bond motifs is 5. The summed E-state index contributed by atoms with van der Waals surface area (Å²) in [6.07, 6.45) is 5.78. The van der Waals surface area contributed by atoms with E-state index in [-0.39, 0.29) is 29.8 Å². The van der Waals surface area contributed by atoms with Crippen LogP contribution in [0.3, 0.4) is 0 Å². The van der Waals surface area contributed by atoms with Crippen LogP contribution in [0, 0.1) is 28.6 Å². The molecule has 3 aliphatic rings. The zero-order valence-electron chi connectivity index (χ0n) is 19.0. The summed E-state index contributed by atoms with van der Waals surface area (Å²) in [5.41, 5.74) is 7.30. The number of aliphatic hydroxyl groups excluding tert-OH is 1. The minimum Gasteiger partial charge on any atom is -0.504 e. The summed E-state index contributed by atoms with van der Waals surface area (Å²) < 4.78 is 5.42. The number of ether oxygens (including phenoxy) is 1. The number of hydrogen-bond acceptors (Lipinski definition) is 6. The Morgan fingerprint density at radius 1 is 1.21 bits per heavy atom. The smallest absolute Gasteiger partial charge is 0.160 e. The number of nitrogens with zero attached hydrogens (tertiary/aromatic N) is 1. The summed E-state index contributed by atoms with van der Waals surface area (Å²) in [7, 11) is 1.57. The number of hydrogen-bond donors (Lipinski definition) is 3. The number of nitriles is 1. The summed E-state index contributed by atoms with van der Waals surface area (Å²) >= 11 is 0. The van der Waals surface area contributed by atoms with Gasteiger partial charge in [-0.2, -0.15) is 5.26 Å². The molecule has 0 amide bonds. The maximum absolute atomic E-state index is 10.7. The molecule has 5 atom stereocenters. The molecule has 5 rings (SSSR count). The number of aromatic hydroxyl groups is 1. The molecule has 0 heterocycles. The molecule has 3 N–H and O–H groups in total. The Labute approximate surface area is 194 Å². The highest BCUT2D eigenvalue weighted by molar-refractivity contribution is 5.72. The molecule has 3 aliphatic carbocycles. The van der Waals surface area contributed by atoms with Crippen molar-refractivity contribution in [3.63, 3.8) is 0 Å². The number of benzene rings is 2. The minimum absolute atomic E-state index is 0.0755.